The summed E-state index contributed by atoms with van der Waals surface area (Å²) >= 11 is 0. The van der Waals surface area contributed by atoms with Crippen molar-refractivity contribution in [2.24, 2.45) is 0 Å². The number of rotatable bonds is 2. The Bertz CT molecular complexity index is 381. The number of nitrogens with zero attached hydrogens (tertiary/aromatic N) is 1. The summed E-state index contributed by atoms with van der Waals surface area (Å²) < 4.78 is 24.3. The van der Waals surface area contributed by atoms with Crippen LogP contribution in [0.15, 0.2) is 0 Å². The molecule has 0 radical (unpaired) electrons. The van der Waals surface area contributed by atoms with Crippen LogP contribution in [0.2, 0.25) is 0 Å². The maximum atomic E-state index is 12.2. The summed E-state index contributed by atoms with van der Waals surface area (Å²) in [6.07, 6.45) is 4.90. The standard InChI is InChI=1S/C11H19NO3S/c1-2-5-9-10-11(16(9,13)14)8-6-3-4-7-12(8)15-10/h8-11H,2-7H2,1H3. The third-order valence-corrected chi connectivity index (χ3v) is 6.89. The van der Waals surface area contributed by atoms with Crippen molar-refractivity contribution in [3.63, 3.8) is 0 Å². The summed E-state index contributed by atoms with van der Waals surface area (Å²) in [6.45, 7) is 2.94. The summed E-state index contributed by atoms with van der Waals surface area (Å²) in [4.78, 5) is 5.82. The number of hydroxylamine groups is 2. The van der Waals surface area contributed by atoms with Gasteiger partial charge in [-0.25, -0.2) is 8.42 Å². The third kappa shape index (κ3) is 1.31. The molecule has 0 bridgehead atoms. The molecule has 0 saturated carbocycles. The van der Waals surface area contributed by atoms with Crippen LogP contribution in [0.4, 0.5) is 0 Å². The Morgan fingerprint density at radius 2 is 2.19 bits per heavy atom. The number of hydrogen-bond donors (Lipinski definition) is 0. The lowest BCUT2D eigenvalue weighted by Gasteiger charge is -2.39. The van der Waals surface area contributed by atoms with E-state index in [1.54, 1.807) is 0 Å². The van der Waals surface area contributed by atoms with Crippen LogP contribution < -0.4 is 0 Å². The zero-order valence-corrected chi connectivity index (χ0v) is 10.4. The lowest BCUT2D eigenvalue weighted by molar-refractivity contribution is -0.172. The third-order valence-electron chi connectivity index (χ3n) is 4.20. The molecule has 0 aliphatic carbocycles. The van der Waals surface area contributed by atoms with Gasteiger partial charge in [0, 0.05) is 6.54 Å². The van der Waals surface area contributed by atoms with Crippen LogP contribution in [0.5, 0.6) is 0 Å². The Morgan fingerprint density at radius 1 is 1.38 bits per heavy atom. The van der Waals surface area contributed by atoms with Gasteiger partial charge in [0.25, 0.3) is 0 Å². The molecule has 3 aliphatic rings. The van der Waals surface area contributed by atoms with Gasteiger partial charge in [-0.2, -0.15) is 5.06 Å². The van der Waals surface area contributed by atoms with Gasteiger partial charge >= 0.3 is 0 Å². The summed E-state index contributed by atoms with van der Waals surface area (Å²) in [6, 6.07) is 0.150. The predicted octanol–water partition coefficient (Wildman–Crippen LogP) is 1.12. The molecule has 0 N–H and O–H groups in total. The van der Waals surface area contributed by atoms with Gasteiger partial charge in [-0.3, -0.25) is 4.84 Å². The zero-order chi connectivity index (χ0) is 11.3. The Kier molecular flexibility index (Phi) is 2.53. The van der Waals surface area contributed by atoms with E-state index in [1.807, 2.05) is 12.0 Å². The summed E-state index contributed by atoms with van der Waals surface area (Å²) in [7, 11) is -2.90. The molecule has 4 nitrogen and oxygen atoms in total. The van der Waals surface area contributed by atoms with E-state index in [4.69, 9.17) is 4.84 Å². The molecule has 3 aliphatic heterocycles. The highest BCUT2D eigenvalue weighted by molar-refractivity contribution is 7.94. The van der Waals surface area contributed by atoms with Gasteiger partial charge in [-0.15, -0.1) is 0 Å². The molecular weight excluding hydrogens is 226 g/mol. The highest BCUT2D eigenvalue weighted by Gasteiger charge is 2.65. The van der Waals surface area contributed by atoms with Crippen LogP contribution in [0.25, 0.3) is 0 Å². The normalized spacial score (nSPS) is 45.8. The molecule has 3 rings (SSSR count). The maximum Gasteiger partial charge on any atom is 0.163 e. The van der Waals surface area contributed by atoms with Crippen LogP contribution in [-0.2, 0) is 14.7 Å². The minimum atomic E-state index is -2.90. The quantitative estimate of drug-likeness (QED) is 0.731. The highest BCUT2D eigenvalue weighted by Crippen LogP contribution is 2.46. The SMILES string of the molecule is CCCC1C2ON3CCCCC3C2S1(=O)=O. The van der Waals surface area contributed by atoms with Crippen molar-refractivity contribution in [2.45, 2.75) is 61.7 Å². The lowest BCUT2D eigenvalue weighted by Crippen LogP contribution is -2.61. The van der Waals surface area contributed by atoms with Gasteiger partial charge in [-0.1, -0.05) is 19.8 Å². The summed E-state index contributed by atoms with van der Waals surface area (Å²) in [5, 5.41) is 1.50. The minimum Gasteiger partial charge on any atom is -0.293 e. The number of piperidine rings is 1. The topological polar surface area (TPSA) is 46.6 Å². The fraction of sp³-hybridized carbons (Fsp3) is 1.00. The first-order chi connectivity index (χ1) is 7.66. The van der Waals surface area contributed by atoms with Crippen LogP contribution in [-0.4, -0.2) is 42.7 Å². The van der Waals surface area contributed by atoms with Crippen molar-refractivity contribution in [2.75, 3.05) is 6.54 Å². The van der Waals surface area contributed by atoms with Crippen LogP contribution >= 0.6 is 0 Å². The summed E-state index contributed by atoms with van der Waals surface area (Å²) in [5.41, 5.74) is 0. The van der Waals surface area contributed by atoms with Gasteiger partial charge in [0.1, 0.15) is 11.4 Å². The van der Waals surface area contributed by atoms with Crippen molar-refractivity contribution < 1.29 is 13.3 Å². The molecular formula is C11H19NO3S. The molecule has 92 valence electrons. The van der Waals surface area contributed by atoms with Gasteiger partial charge in [0.15, 0.2) is 9.84 Å². The maximum absolute atomic E-state index is 12.2. The Hall–Kier alpha value is -0.130. The molecule has 0 aromatic carbocycles. The van der Waals surface area contributed by atoms with E-state index >= 15 is 0 Å². The summed E-state index contributed by atoms with van der Waals surface area (Å²) in [5.74, 6) is 0. The molecule has 3 fully saturated rings. The van der Waals surface area contributed by atoms with Gasteiger partial charge in [0.2, 0.25) is 0 Å². The fourth-order valence-corrected chi connectivity index (χ4v) is 6.03. The first kappa shape index (κ1) is 11.0. The molecule has 3 saturated heterocycles. The molecule has 16 heavy (non-hydrogen) atoms. The largest absolute Gasteiger partial charge is 0.293 e. The second kappa shape index (κ2) is 3.68. The van der Waals surface area contributed by atoms with E-state index in [9.17, 15) is 8.42 Å². The van der Waals surface area contributed by atoms with E-state index in [0.29, 0.717) is 0 Å². The predicted molar refractivity (Wildman–Crippen MR) is 60.6 cm³/mol. The molecule has 5 heteroatoms. The van der Waals surface area contributed by atoms with E-state index in [-0.39, 0.29) is 22.6 Å². The average molecular weight is 245 g/mol. The van der Waals surface area contributed by atoms with Crippen molar-refractivity contribution in [1.82, 2.24) is 5.06 Å². The van der Waals surface area contributed by atoms with Gasteiger partial charge < -0.3 is 0 Å². The average Bonchev–Trinajstić information content (AvgIpc) is 2.62. The molecule has 3 heterocycles. The van der Waals surface area contributed by atoms with E-state index < -0.39 is 9.84 Å². The van der Waals surface area contributed by atoms with Gasteiger partial charge in [-0.05, 0) is 19.3 Å². The Labute approximate surface area is 96.8 Å². The fourth-order valence-electron chi connectivity index (χ4n) is 3.42. The molecule has 4 unspecified atom stereocenters. The second-order valence-corrected chi connectivity index (χ2v) is 7.48. The van der Waals surface area contributed by atoms with Crippen molar-refractivity contribution in [3.8, 4) is 0 Å². The number of fused-ring (bicyclic) bond motifs is 3. The van der Waals surface area contributed by atoms with Crippen LogP contribution in [0, 0.1) is 0 Å². The van der Waals surface area contributed by atoms with Crippen molar-refractivity contribution in [3.05, 3.63) is 0 Å². The Balaban J connectivity index is 1.84. The van der Waals surface area contributed by atoms with E-state index in [1.165, 1.54) is 0 Å². The number of sulfone groups is 1. The van der Waals surface area contributed by atoms with E-state index in [2.05, 4.69) is 0 Å². The van der Waals surface area contributed by atoms with Crippen LogP contribution in [0.3, 0.4) is 0 Å². The molecule has 4 atom stereocenters. The molecule has 0 aromatic rings. The van der Waals surface area contributed by atoms with Gasteiger partial charge in [0.05, 0.1) is 11.3 Å². The molecule has 0 aromatic heterocycles. The zero-order valence-electron chi connectivity index (χ0n) is 9.63. The Morgan fingerprint density at radius 3 is 2.94 bits per heavy atom. The first-order valence-electron chi connectivity index (χ1n) is 6.32. The highest BCUT2D eigenvalue weighted by atomic mass is 32.2. The lowest BCUT2D eigenvalue weighted by atomic mass is 9.96. The second-order valence-electron chi connectivity index (χ2n) is 5.15. The van der Waals surface area contributed by atoms with Crippen molar-refractivity contribution >= 4 is 9.84 Å². The number of hydrogen-bond acceptors (Lipinski definition) is 4. The smallest absolute Gasteiger partial charge is 0.163 e. The monoisotopic (exact) mass is 245 g/mol. The van der Waals surface area contributed by atoms with E-state index in [0.717, 1.165) is 38.6 Å². The molecule has 0 spiro atoms. The first-order valence-corrected chi connectivity index (χ1v) is 7.93. The van der Waals surface area contributed by atoms with Crippen molar-refractivity contribution in [1.29, 1.82) is 0 Å². The molecule has 0 amide bonds. The van der Waals surface area contributed by atoms with Crippen LogP contribution in [0.1, 0.15) is 39.0 Å². The minimum absolute atomic E-state index is 0.0342.